The third-order valence-corrected chi connectivity index (χ3v) is 1.22. The van der Waals surface area contributed by atoms with Crippen molar-refractivity contribution in [1.82, 2.24) is 5.01 Å². The van der Waals surface area contributed by atoms with E-state index in [0.717, 1.165) is 11.9 Å². The summed E-state index contributed by atoms with van der Waals surface area (Å²) in [7, 11) is 0. The van der Waals surface area contributed by atoms with E-state index in [9.17, 15) is 9.70 Å². The molecular formula is C6H12N2O5. The van der Waals surface area contributed by atoms with E-state index >= 15 is 0 Å². The summed E-state index contributed by atoms with van der Waals surface area (Å²) in [5.74, 6) is -0.634. The second-order valence-corrected chi connectivity index (χ2v) is 2.21. The van der Waals surface area contributed by atoms with Crippen LogP contribution in [0.1, 0.15) is 6.92 Å². The zero-order valence-electron chi connectivity index (χ0n) is 7.21. The molecule has 1 unspecified atom stereocenters. The van der Waals surface area contributed by atoms with Crippen molar-refractivity contribution in [2.24, 2.45) is 5.29 Å². The van der Waals surface area contributed by atoms with Gasteiger partial charge in [0.05, 0.1) is 18.4 Å². The van der Waals surface area contributed by atoms with Gasteiger partial charge in [-0.05, 0) is 0 Å². The topological polar surface area (TPSA) is 99.4 Å². The highest BCUT2D eigenvalue weighted by Gasteiger charge is 2.19. The van der Waals surface area contributed by atoms with Crippen LogP contribution in [0.3, 0.4) is 0 Å². The molecule has 0 radical (unpaired) electrons. The Morgan fingerprint density at radius 1 is 1.62 bits per heavy atom. The molecular weight excluding hydrogens is 180 g/mol. The highest BCUT2D eigenvalue weighted by molar-refractivity contribution is 5.66. The van der Waals surface area contributed by atoms with Gasteiger partial charge in [-0.15, -0.1) is 4.91 Å². The van der Waals surface area contributed by atoms with Crippen LogP contribution in [0.5, 0.6) is 0 Å². The predicted molar refractivity (Wildman–Crippen MR) is 42.2 cm³/mol. The summed E-state index contributed by atoms with van der Waals surface area (Å²) in [6.45, 7) is 0.182. The largest absolute Gasteiger partial charge is 0.438 e. The number of aliphatic hydroxyl groups excluding tert-OH is 2. The maximum absolute atomic E-state index is 10.5. The van der Waals surface area contributed by atoms with Crippen LogP contribution in [0.2, 0.25) is 0 Å². The van der Waals surface area contributed by atoms with Gasteiger partial charge in [0.15, 0.2) is 0 Å². The molecule has 0 aromatic heterocycles. The van der Waals surface area contributed by atoms with E-state index in [2.05, 4.69) is 10.0 Å². The second kappa shape index (κ2) is 6.32. The van der Waals surface area contributed by atoms with E-state index < -0.39 is 18.8 Å². The van der Waals surface area contributed by atoms with Crippen LogP contribution in [0, 0.1) is 4.91 Å². The van der Waals surface area contributed by atoms with Crippen molar-refractivity contribution in [3.63, 3.8) is 0 Å². The number of rotatable bonds is 6. The lowest BCUT2D eigenvalue weighted by molar-refractivity contribution is -0.161. The summed E-state index contributed by atoms with van der Waals surface area (Å²) in [5.41, 5.74) is 0. The first kappa shape index (κ1) is 11.8. The maximum atomic E-state index is 10.5. The van der Waals surface area contributed by atoms with Gasteiger partial charge in [-0.25, -0.2) is 5.01 Å². The van der Waals surface area contributed by atoms with Gasteiger partial charge in [-0.1, -0.05) is 0 Å². The Labute approximate surface area is 74.9 Å². The molecule has 0 aliphatic heterocycles. The number of hydrogen-bond donors (Lipinski definition) is 2. The number of aliphatic hydroxyl groups is 2. The Hall–Kier alpha value is -1.21. The molecule has 0 saturated heterocycles. The predicted octanol–water partition coefficient (Wildman–Crippen LogP) is -1.16. The van der Waals surface area contributed by atoms with E-state index in [-0.39, 0.29) is 13.2 Å². The molecule has 1 atom stereocenters. The normalized spacial score (nSPS) is 11.9. The van der Waals surface area contributed by atoms with Crippen molar-refractivity contribution < 1.29 is 19.7 Å². The summed E-state index contributed by atoms with van der Waals surface area (Å²) in [6, 6.07) is 0. The van der Waals surface area contributed by atoms with Crippen LogP contribution in [0.25, 0.3) is 0 Å². The average molecular weight is 192 g/mol. The van der Waals surface area contributed by atoms with Crippen LogP contribution in [-0.2, 0) is 9.53 Å². The minimum Gasteiger partial charge on any atom is -0.438 e. The van der Waals surface area contributed by atoms with Crippen LogP contribution in [0.15, 0.2) is 5.29 Å². The van der Waals surface area contributed by atoms with Crippen molar-refractivity contribution in [3.05, 3.63) is 4.91 Å². The third kappa shape index (κ3) is 4.38. The van der Waals surface area contributed by atoms with Gasteiger partial charge in [0, 0.05) is 6.92 Å². The van der Waals surface area contributed by atoms with Crippen LogP contribution in [-0.4, -0.2) is 47.2 Å². The van der Waals surface area contributed by atoms with Crippen molar-refractivity contribution in [2.75, 3.05) is 19.8 Å². The number of nitrogens with zero attached hydrogens (tertiary/aromatic N) is 2. The zero-order chi connectivity index (χ0) is 10.3. The molecule has 2 N–H and O–H groups in total. The van der Waals surface area contributed by atoms with Crippen LogP contribution in [0.4, 0.5) is 0 Å². The lowest BCUT2D eigenvalue weighted by atomic mass is 10.5. The number of carbonyl (C=O) groups excluding carboxylic acids is 1. The van der Waals surface area contributed by atoms with E-state index in [0.29, 0.717) is 0 Å². The fraction of sp³-hybridized carbons (Fsp3) is 0.833. The Kier molecular flexibility index (Phi) is 5.73. The van der Waals surface area contributed by atoms with Gasteiger partial charge >= 0.3 is 5.97 Å². The molecule has 0 fully saturated rings. The summed E-state index contributed by atoms with van der Waals surface area (Å²) < 4.78 is 4.54. The Balaban J connectivity index is 4.15. The summed E-state index contributed by atoms with van der Waals surface area (Å²) >= 11 is 0. The second-order valence-electron chi connectivity index (χ2n) is 2.21. The monoisotopic (exact) mass is 192 g/mol. The molecule has 0 aliphatic rings. The van der Waals surface area contributed by atoms with Crippen molar-refractivity contribution in [3.8, 4) is 0 Å². The van der Waals surface area contributed by atoms with E-state index in [1.165, 1.54) is 0 Å². The van der Waals surface area contributed by atoms with Gasteiger partial charge < -0.3 is 14.9 Å². The van der Waals surface area contributed by atoms with Crippen molar-refractivity contribution in [2.45, 2.75) is 13.2 Å². The van der Waals surface area contributed by atoms with E-state index in [1.807, 2.05) is 0 Å². The van der Waals surface area contributed by atoms with E-state index in [1.54, 1.807) is 0 Å². The Morgan fingerprint density at radius 3 is 2.54 bits per heavy atom. The summed E-state index contributed by atoms with van der Waals surface area (Å²) in [6.07, 6.45) is -1.12. The number of nitroso groups, excluding NO2 is 1. The first-order valence-electron chi connectivity index (χ1n) is 3.64. The molecule has 0 saturated carbocycles. The lowest BCUT2D eigenvalue weighted by Crippen LogP contribution is -2.38. The average Bonchev–Trinajstić information content (AvgIpc) is 2.10. The first-order valence-corrected chi connectivity index (χ1v) is 3.64. The quantitative estimate of drug-likeness (QED) is 0.238. The Bertz CT molecular complexity index is 174. The molecule has 0 amide bonds. The lowest BCUT2D eigenvalue weighted by Gasteiger charge is -2.22. The highest BCUT2D eigenvalue weighted by atomic mass is 16.6. The molecule has 0 heterocycles. The van der Waals surface area contributed by atoms with Crippen molar-refractivity contribution >= 4 is 5.97 Å². The summed E-state index contributed by atoms with van der Waals surface area (Å²) in [4.78, 5) is 20.6. The fourth-order valence-corrected chi connectivity index (χ4v) is 0.724. The number of ether oxygens (including phenoxy) is 1. The van der Waals surface area contributed by atoms with Crippen molar-refractivity contribution in [1.29, 1.82) is 0 Å². The zero-order valence-corrected chi connectivity index (χ0v) is 7.21. The molecule has 13 heavy (non-hydrogen) atoms. The smallest absolute Gasteiger partial charge is 0.304 e. The fourth-order valence-electron chi connectivity index (χ4n) is 0.724. The first-order chi connectivity index (χ1) is 6.15. The molecule has 0 spiro atoms. The molecule has 7 nitrogen and oxygen atoms in total. The molecule has 0 aliphatic carbocycles. The Morgan fingerprint density at radius 2 is 2.23 bits per heavy atom. The highest BCUT2D eigenvalue weighted by Crippen LogP contribution is 2.01. The van der Waals surface area contributed by atoms with E-state index in [4.69, 9.17) is 10.2 Å². The molecule has 0 rings (SSSR count). The van der Waals surface area contributed by atoms with Gasteiger partial charge in [0.25, 0.3) is 0 Å². The minimum atomic E-state index is -1.12. The van der Waals surface area contributed by atoms with Crippen LogP contribution < -0.4 is 0 Å². The molecule has 0 bridgehead atoms. The number of carbonyl (C=O) groups is 1. The summed E-state index contributed by atoms with van der Waals surface area (Å²) in [5, 5.41) is 20.4. The SMILES string of the molecule is CC(=O)OC(CO)N(CCO)N=O. The van der Waals surface area contributed by atoms with Gasteiger partial charge in [0.1, 0.15) is 6.61 Å². The maximum Gasteiger partial charge on any atom is 0.304 e. The molecule has 0 aromatic carbocycles. The molecule has 76 valence electrons. The minimum absolute atomic E-state index is 0.0952. The molecule has 0 aromatic rings. The standard InChI is InChI=1S/C6H12N2O5/c1-5(11)13-6(4-10)8(7-12)2-3-9/h6,9-10H,2-4H2,1H3. The number of hydrogen-bond acceptors (Lipinski definition) is 6. The van der Waals surface area contributed by atoms with Gasteiger partial charge in [-0.2, -0.15) is 0 Å². The van der Waals surface area contributed by atoms with Crippen LogP contribution >= 0.6 is 0 Å². The third-order valence-electron chi connectivity index (χ3n) is 1.22. The van der Waals surface area contributed by atoms with Gasteiger partial charge in [0.2, 0.25) is 6.23 Å². The van der Waals surface area contributed by atoms with Gasteiger partial charge in [-0.3, -0.25) is 4.79 Å². The molecule has 7 heteroatoms. The number of esters is 1.